The van der Waals surface area contributed by atoms with Crippen molar-refractivity contribution >= 4 is 0 Å². The Hall–Kier alpha value is -0.120. The van der Waals surface area contributed by atoms with Crippen molar-refractivity contribution in [3.05, 3.63) is 0 Å². The fraction of sp³-hybridized carbons (Fsp3) is 1.00. The van der Waals surface area contributed by atoms with Crippen molar-refractivity contribution in [2.24, 2.45) is 11.7 Å². The standard InChI is InChI=1S/C8H17NO2/c1-6-7(3-4-10-2)8(9)5-11-6/h6-8H,3-5,9H2,1-2H3. The lowest BCUT2D eigenvalue weighted by Gasteiger charge is -2.16. The number of nitrogens with two attached hydrogens (primary N) is 1. The summed E-state index contributed by atoms with van der Waals surface area (Å²) in [4.78, 5) is 0. The molecule has 0 aromatic heterocycles. The number of hydrogen-bond donors (Lipinski definition) is 1. The molecule has 3 unspecified atom stereocenters. The molecule has 0 amide bonds. The molecule has 1 aliphatic heterocycles. The molecular formula is C8H17NO2. The van der Waals surface area contributed by atoms with Crippen molar-refractivity contribution in [2.45, 2.75) is 25.5 Å². The SMILES string of the molecule is COCCC1C(N)COC1C. The summed E-state index contributed by atoms with van der Waals surface area (Å²) in [6, 6.07) is 0.208. The molecule has 0 radical (unpaired) electrons. The van der Waals surface area contributed by atoms with Crippen molar-refractivity contribution < 1.29 is 9.47 Å². The normalized spacial score (nSPS) is 37.9. The number of hydrogen-bond acceptors (Lipinski definition) is 3. The molecule has 0 saturated carbocycles. The second kappa shape index (κ2) is 4.04. The van der Waals surface area contributed by atoms with Crippen LogP contribution >= 0.6 is 0 Å². The van der Waals surface area contributed by atoms with Gasteiger partial charge in [0, 0.05) is 25.7 Å². The highest BCUT2D eigenvalue weighted by molar-refractivity contribution is 4.83. The Bertz CT molecular complexity index is 109. The highest BCUT2D eigenvalue weighted by atomic mass is 16.5. The second-order valence-corrected chi connectivity index (χ2v) is 3.15. The van der Waals surface area contributed by atoms with Gasteiger partial charge in [0.1, 0.15) is 0 Å². The molecule has 1 aliphatic rings. The third-order valence-electron chi connectivity index (χ3n) is 2.36. The van der Waals surface area contributed by atoms with Gasteiger partial charge < -0.3 is 15.2 Å². The van der Waals surface area contributed by atoms with Gasteiger partial charge in [-0.05, 0) is 13.3 Å². The predicted molar refractivity (Wildman–Crippen MR) is 43.4 cm³/mol. The first-order valence-corrected chi connectivity index (χ1v) is 4.12. The quantitative estimate of drug-likeness (QED) is 0.647. The van der Waals surface area contributed by atoms with Crippen LogP contribution in [0.2, 0.25) is 0 Å². The van der Waals surface area contributed by atoms with Crippen LogP contribution in [0.5, 0.6) is 0 Å². The summed E-state index contributed by atoms with van der Waals surface area (Å²) >= 11 is 0. The number of methoxy groups -OCH3 is 1. The number of rotatable bonds is 3. The predicted octanol–water partition coefficient (Wildman–Crippen LogP) is 0.385. The molecule has 0 aliphatic carbocycles. The minimum absolute atomic E-state index is 0.208. The molecule has 1 fully saturated rings. The second-order valence-electron chi connectivity index (χ2n) is 3.15. The molecule has 66 valence electrons. The van der Waals surface area contributed by atoms with E-state index in [1.54, 1.807) is 7.11 Å². The van der Waals surface area contributed by atoms with Crippen LogP contribution in [0.1, 0.15) is 13.3 Å². The first-order chi connectivity index (χ1) is 5.25. The molecule has 0 aromatic rings. The minimum atomic E-state index is 0.208. The van der Waals surface area contributed by atoms with Crippen molar-refractivity contribution in [3.8, 4) is 0 Å². The summed E-state index contributed by atoms with van der Waals surface area (Å²) in [6.07, 6.45) is 1.32. The fourth-order valence-corrected chi connectivity index (χ4v) is 1.56. The van der Waals surface area contributed by atoms with Gasteiger partial charge in [0.05, 0.1) is 12.7 Å². The average molecular weight is 159 g/mol. The van der Waals surface area contributed by atoms with E-state index in [-0.39, 0.29) is 6.04 Å². The molecule has 0 bridgehead atoms. The van der Waals surface area contributed by atoms with Gasteiger partial charge in [-0.2, -0.15) is 0 Å². The molecule has 3 nitrogen and oxygen atoms in total. The summed E-state index contributed by atoms with van der Waals surface area (Å²) < 4.78 is 10.4. The maximum Gasteiger partial charge on any atom is 0.0624 e. The summed E-state index contributed by atoms with van der Waals surface area (Å²) in [5.74, 6) is 0.481. The Morgan fingerprint density at radius 3 is 2.82 bits per heavy atom. The highest BCUT2D eigenvalue weighted by Gasteiger charge is 2.30. The molecule has 0 aromatic carbocycles. The summed E-state index contributed by atoms with van der Waals surface area (Å²) in [5, 5.41) is 0. The van der Waals surface area contributed by atoms with Crippen molar-refractivity contribution in [1.29, 1.82) is 0 Å². The largest absolute Gasteiger partial charge is 0.385 e. The topological polar surface area (TPSA) is 44.5 Å². The zero-order valence-corrected chi connectivity index (χ0v) is 7.25. The van der Waals surface area contributed by atoms with Crippen LogP contribution in [-0.2, 0) is 9.47 Å². The average Bonchev–Trinajstić information content (AvgIpc) is 2.29. The summed E-state index contributed by atoms with van der Waals surface area (Å²) in [6.45, 7) is 3.56. The molecular weight excluding hydrogens is 142 g/mol. The molecule has 1 heterocycles. The molecule has 11 heavy (non-hydrogen) atoms. The van der Waals surface area contributed by atoms with E-state index < -0.39 is 0 Å². The van der Waals surface area contributed by atoms with Crippen LogP contribution in [0.15, 0.2) is 0 Å². The fourth-order valence-electron chi connectivity index (χ4n) is 1.56. The first kappa shape index (κ1) is 8.97. The third-order valence-corrected chi connectivity index (χ3v) is 2.36. The third kappa shape index (κ3) is 2.15. The maximum absolute atomic E-state index is 5.83. The monoisotopic (exact) mass is 159 g/mol. The lowest BCUT2D eigenvalue weighted by atomic mass is 9.95. The van der Waals surface area contributed by atoms with Crippen LogP contribution in [0.3, 0.4) is 0 Å². The van der Waals surface area contributed by atoms with Gasteiger partial charge in [0.2, 0.25) is 0 Å². The number of ether oxygens (including phenoxy) is 2. The van der Waals surface area contributed by atoms with Crippen molar-refractivity contribution in [3.63, 3.8) is 0 Å². The smallest absolute Gasteiger partial charge is 0.0624 e. The van der Waals surface area contributed by atoms with E-state index in [0.717, 1.165) is 13.0 Å². The van der Waals surface area contributed by atoms with E-state index in [2.05, 4.69) is 6.92 Å². The Morgan fingerprint density at radius 2 is 2.36 bits per heavy atom. The van der Waals surface area contributed by atoms with Crippen molar-refractivity contribution in [2.75, 3.05) is 20.3 Å². The van der Waals surface area contributed by atoms with E-state index in [1.807, 2.05) is 0 Å². The van der Waals surface area contributed by atoms with Crippen LogP contribution in [0.25, 0.3) is 0 Å². The molecule has 2 N–H and O–H groups in total. The summed E-state index contributed by atoms with van der Waals surface area (Å²) in [5.41, 5.74) is 5.83. The Kier molecular flexibility index (Phi) is 3.30. The van der Waals surface area contributed by atoms with Gasteiger partial charge >= 0.3 is 0 Å². The van der Waals surface area contributed by atoms with Crippen LogP contribution in [0.4, 0.5) is 0 Å². The van der Waals surface area contributed by atoms with Gasteiger partial charge in [-0.3, -0.25) is 0 Å². The van der Waals surface area contributed by atoms with Crippen LogP contribution in [-0.4, -0.2) is 32.5 Å². The van der Waals surface area contributed by atoms with E-state index in [9.17, 15) is 0 Å². The van der Waals surface area contributed by atoms with Crippen molar-refractivity contribution in [1.82, 2.24) is 0 Å². The van der Waals surface area contributed by atoms with Gasteiger partial charge in [-0.15, -0.1) is 0 Å². The zero-order chi connectivity index (χ0) is 8.27. The molecule has 3 atom stereocenters. The van der Waals surface area contributed by atoms with Gasteiger partial charge in [0.25, 0.3) is 0 Å². The van der Waals surface area contributed by atoms with Crippen LogP contribution < -0.4 is 5.73 Å². The van der Waals surface area contributed by atoms with E-state index in [4.69, 9.17) is 15.2 Å². The Balaban J connectivity index is 2.29. The maximum atomic E-state index is 5.83. The Morgan fingerprint density at radius 1 is 1.64 bits per heavy atom. The van der Waals surface area contributed by atoms with E-state index in [0.29, 0.717) is 18.6 Å². The van der Waals surface area contributed by atoms with Gasteiger partial charge in [0.15, 0.2) is 0 Å². The highest BCUT2D eigenvalue weighted by Crippen LogP contribution is 2.22. The van der Waals surface area contributed by atoms with Crippen LogP contribution in [0, 0.1) is 5.92 Å². The molecule has 1 rings (SSSR count). The summed E-state index contributed by atoms with van der Waals surface area (Å²) in [7, 11) is 1.71. The molecule has 3 heteroatoms. The zero-order valence-electron chi connectivity index (χ0n) is 7.25. The van der Waals surface area contributed by atoms with Gasteiger partial charge in [-0.1, -0.05) is 0 Å². The van der Waals surface area contributed by atoms with E-state index in [1.165, 1.54) is 0 Å². The van der Waals surface area contributed by atoms with E-state index >= 15 is 0 Å². The molecule has 0 spiro atoms. The van der Waals surface area contributed by atoms with Gasteiger partial charge in [-0.25, -0.2) is 0 Å². The minimum Gasteiger partial charge on any atom is -0.385 e. The lowest BCUT2D eigenvalue weighted by molar-refractivity contribution is 0.0925. The lowest BCUT2D eigenvalue weighted by Crippen LogP contribution is -2.31. The first-order valence-electron chi connectivity index (χ1n) is 4.12. The Labute approximate surface area is 67.9 Å². The molecule has 1 saturated heterocycles.